The third-order valence-corrected chi connectivity index (χ3v) is 4.39. The zero-order valence-electron chi connectivity index (χ0n) is 11.2. The van der Waals surface area contributed by atoms with Crippen LogP contribution >= 0.6 is 11.3 Å². The van der Waals surface area contributed by atoms with Crippen molar-refractivity contribution in [2.24, 2.45) is 0 Å². The van der Waals surface area contributed by atoms with E-state index in [4.69, 9.17) is 0 Å². The molecule has 0 bridgehead atoms. The third-order valence-electron chi connectivity index (χ3n) is 3.06. The Morgan fingerprint density at radius 1 is 1.43 bits per heavy atom. The molecule has 1 aliphatic rings. The molecule has 1 aromatic heterocycles. The summed E-state index contributed by atoms with van der Waals surface area (Å²) in [5, 5.41) is 22.7. The van der Waals surface area contributed by atoms with Crippen LogP contribution in [-0.2, 0) is 16.1 Å². The van der Waals surface area contributed by atoms with E-state index in [2.05, 4.69) is 20.0 Å². The molecule has 1 aliphatic heterocycles. The maximum Gasteiger partial charge on any atom is 0.294 e. The maximum atomic E-state index is 10.3. The van der Waals surface area contributed by atoms with Crippen LogP contribution in [0.1, 0.15) is 28.0 Å². The molecule has 0 radical (unpaired) electrons. The topological polar surface area (TPSA) is 130 Å². The van der Waals surface area contributed by atoms with E-state index in [1.807, 2.05) is 6.92 Å². The summed E-state index contributed by atoms with van der Waals surface area (Å²) >= 11 is 1.43. The monoisotopic (exact) mass is 318 g/mol. The normalized spacial score (nSPS) is 21.2. The van der Waals surface area contributed by atoms with E-state index in [9.17, 15) is 20.2 Å². The molecule has 21 heavy (non-hydrogen) atoms. The molecular formula is C10H14N4O6S. The van der Waals surface area contributed by atoms with Crippen LogP contribution in [0.3, 0.4) is 0 Å². The van der Waals surface area contributed by atoms with Crippen LogP contribution in [0.25, 0.3) is 0 Å². The lowest BCUT2D eigenvalue weighted by molar-refractivity contribution is -0.767. The Balaban J connectivity index is 1.92. The minimum atomic E-state index is -0.824. The summed E-state index contributed by atoms with van der Waals surface area (Å²) in [5.74, 6) is 0. The maximum absolute atomic E-state index is 10.3. The molecule has 0 aliphatic carbocycles. The molecule has 1 aromatic rings. The quantitative estimate of drug-likeness (QED) is 0.577. The van der Waals surface area contributed by atoms with Gasteiger partial charge in [0.1, 0.15) is 17.7 Å². The van der Waals surface area contributed by atoms with Gasteiger partial charge in [0.05, 0.1) is 11.7 Å². The van der Waals surface area contributed by atoms with Crippen LogP contribution in [0.5, 0.6) is 0 Å². The standard InChI is InChI=1S/C10H14N4O6S/c1-6-9(2-3-19-13(15)16)21-10(12-6)8-4-7(5-11-8)20-14(17)18/h7-8,11H,2-5H2,1H3/t7-,8+/m1/s1. The summed E-state index contributed by atoms with van der Waals surface area (Å²) in [7, 11) is 0. The van der Waals surface area contributed by atoms with Crippen LogP contribution in [-0.4, -0.2) is 34.4 Å². The second-order valence-electron chi connectivity index (χ2n) is 4.52. The summed E-state index contributed by atoms with van der Waals surface area (Å²) in [6.45, 7) is 2.20. The van der Waals surface area contributed by atoms with Gasteiger partial charge in [-0.05, 0) is 13.3 Å². The SMILES string of the molecule is Cc1nc([C@@H]2C[C@@H](O[N+](=O)[O-])CN2)sc1CCO[N+](=O)[O-]. The van der Waals surface area contributed by atoms with E-state index in [-0.39, 0.29) is 12.6 Å². The van der Waals surface area contributed by atoms with Crippen molar-refractivity contribution >= 4 is 11.3 Å². The zero-order valence-corrected chi connectivity index (χ0v) is 12.0. The predicted molar refractivity (Wildman–Crippen MR) is 70.7 cm³/mol. The Morgan fingerprint density at radius 2 is 2.19 bits per heavy atom. The predicted octanol–water partition coefficient (Wildman–Crippen LogP) is 0.814. The molecule has 0 amide bonds. The molecule has 11 heteroatoms. The van der Waals surface area contributed by atoms with Crippen LogP contribution in [0, 0.1) is 27.2 Å². The third kappa shape index (κ3) is 4.23. The minimum absolute atomic E-state index is 0.0133. The fourth-order valence-corrected chi connectivity index (χ4v) is 3.27. The Bertz CT molecular complexity index is 536. The number of nitrogens with one attached hydrogen (secondary N) is 1. The molecule has 0 unspecified atom stereocenters. The van der Waals surface area contributed by atoms with Gasteiger partial charge >= 0.3 is 0 Å². The molecule has 0 saturated carbocycles. The Labute approximate surface area is 123 Å². The zero-order chi connectivity index (χ0) is 15.4. The van der Waals surface area contributed by atoms with Gasteiger partial charge in [0.2, 0.25) is 0 Å². The summed E-state index contributed by atoms with van der Waals surface area (Å²) in [6.07, 6.45) is 0.403. The molecule has 1 fully saturated rings. The lowest BCUT2D eigenvalue weighted by atomic mass is 10.2. The number of hydrogen-bond donors (Lipinski definition) is 1. The van der Waals surface area contributed by atoms with Gasteiger partial charge < -0.3 is 15.0 Å². The molecule has 1 saturated heterocycles. The van der Waals surface area contributed by atoms with Crippen molar-refractivity contribution in [3.8, 4) is 0 Å². The molecule has 116 valence electrons. The summed E-state index contributed by atoms with van der Waals surface area (Å²) in [5.41, 5.74) is 0.794. The summed E-state index contributed by atoms with van der Waals surface area (Å²) in [6, 6.07) is -0.0937. The second-order valence-corrected chi connectivity index (χ2v) is 5.63. The first-order valence-electron chi connectivity index (χ1n) is 6.23. The van der Waals surface area contributed by atoms with Crippen molar-refractivity contribution in [1.29, 1.82) is 0 Å². The van der Waals surface area contributed by atoms with E-state index in [1.54, 1.807) is 0 Å². The van der Waals surface area contributed by atoms with E-state index >= 15 is 0 Å². The van der Waals surface area contributed by atoms with E-state index < -0.39 is 16.3 Å². The number of thiazole rings is 1. The second kappa shape index (κ2) is 6.63. The first-order valence-corrected chi connectivity index (χ1v) is 7.05. The van der Waals surface area contributed by atoms with Gasteiger partial charge in [-0.25, -0.2) is 4.98 Å². The minimum Gasteiger partial charge on any atom is -0.314 e. The number of rotatable bonds is 7. The average Bonchev–Trinajstić information content (AvgIpc) is 2.96. The smallest absolute Gasteiger partial charge is 0.294 e. The fraction of sp³-hybridized carbons (Fsp3) is 0.700. The Hall–Kier alpha value is -2.01. The van der Waals surface area contributed by atoms with E-state index in [0.29, 0.717) is 19.4 Å². The fourth-order valence-electron chi connectivity index (χ4n) is 2.14. The van der Waals surface area contributed by atoms with Gasteiger partial charge in [-0.2, -0.15) is 0 Å². The molecular weight excluding hydrogens is 304 g/mol. The lowest BCUT2D eigenvalue weighted by Crippen LogP contribution is -2.19. The first kappa shape index (κ1) is 15.4. The first-order chi connectivity index (χ1) is 9.95. The lowest BCUT2D eigenvalue weighted by Gasteiger charge is -2.06. The van der Waals surface area contributed by atoms with Crippen molar-refractivity contribution in [3.63, 3.8) is 0 Å². The van der Waals surface area contributed by atoms with Crippen LogP contribution in [0.2, 0.25) is 0 Å². The van der Waals surface area contributed by atoms with Crippen LogP contribution < -0.4 is 5.32 Å². The van der Waals surface area contributed by atoms with Gasteiger partial charge in [-0.1, -0.05) is 0 Å². The van der Waals surface area contributed by atoms with Crippen molar-refractivity contribution < 1.29 is 19.8 Å². The van der Waals surface area contributed by atoms with Gasteiger partial charge in [0.25, 0.3) is 10.2 Å². The van der Waals surface area contributed by atoms with E-state index in [1.165, 1.54) is 11.3 Å². The van der Waals surface area contributed by atoms with Crippen LogP contribution in [0.4, 0.5) is 0 Å². The molecule has 2 atom stereocenters. The number of hydrogen-bond acceptors (Lipinski definition) is 9. The summed E-state index contributed by atoms with van der Waals surface area (Å²) in [4.78, 5) is 34.5. The average molecular weight is 318 g/mol. The molecule has 2 heterocycles. The Kier molecular flexibility index (Phi) is 4.85. The van der Waals surface area contributed by atoms with Crippen molar-refractivity contribution in [2.75, 3.05) is 13.2 Å². The van der Waals surface area contributed by atoms with Gasteiger partial charge in [0, 0.05) is 17.8 Å². The highest BCUT2D eigenvalue weighted by molar-refractivity contribution is 7.11. The van der Waals surface area contributed by atoms with Gasteiger partial charge in [-0.3, -0.25) is 0 Å². The van der Waals surface area contributed by atoms with Gasteiger partial charge in [-0.15, -0.1) is 31.6 Å². The highest BCUT2D eigenvalue weighted by atomic mass is 32.1. The number of aromatic nitrogens is 1. The summed E-state index contributed by atoms with van der Waals surface area (Å²) < 4.78 is 0. The van der Waals surface area contributed by atoms with E-state index in [0.717, 1.165) is 15.6 Å². The van der Waals surface area contributed by atoms with Gasteiger partial charge in [0.15, 0.2) is 0 Å². The molecule has 2 rings (SSSR count). The molecule has 1 N–H and O–H groups in total. The molecule has 0 aromatic carbocycles. The van der Waals surface area contributed by atoms with Crippen molar-refractivity contribution in [3.05, 3.63) is 35.8 Å². The molecule has 0 spiro atoms. The van der Waals surface area contributed by atoms with Crippen molar-refractivity contribution in [2.45, 2.75) is 31.9 Å². The van der Waals surface area contributed by atoms with Crippen LogP contribution in [0.15, 0.2) is 0 Å². The highest BCUT2D eigenvalue weighted by Crippen LogP contribution is 2.30. The van der Waals surface area contributed by atoms with Crippen molar-refractivity contribution in [1.82, 2.24) is 10.3 Å². The Morgan fingerprint density at radius 3 is 2.86 bits per heavy atom. The number of nitrogens with zero attached hydrogens (tertiary/aromatic N) is 3. The highest BCUT2D eigenvalue weighted by Gasteiger charge is 2.30. The number of aryl methyl sites for hydroxylation is 1. The molecule has 10 nitrogen and oxygen atoms in total. The largest absolute Gasteiger partial charge is 0.314 e.